The van der Waals surface area contributed by atoms with E-state index in [0.717, 1.165) is 5.75 Å². The number of thioether (sulfide) groups is 1. The maximum Gasteiger partial charge on any atom is 0.223 e. The van der Waals surface area contributed by atoms with Crippen molar-refractivity contribution in [2.75, 3.05) is 0 Å². The molecular weight excluding hydrogens is 280 g/mol. The zero-order valence-electron chi connectivity index (χ0n) is 8.43. The van der Waals surface area contributed by atoms with E-state index in [1.807, 2.05) is 30.3 Å². The Balaban J connectivity index is 2.38. The van der Waals surface area contributed by atoms with Crippen LogP contribution in [0.4, 0.5) is 0 Å². The van der Waals surface area contributed by atoms with Gasteiger partial charge in [0.2, 0.25) is 5.24 Å². The van der Waals surface area contributed by atoms with Crippen molar-refractivity contribution in [2.24, 2.45) is 0 Å². The normalized spacial score (nSPS) is 12.1. The van der Waals surface area contributed by atoms with Crippen molar-refractivity contribution < 1.29 is 4.79 Å². The number of benzene rings is 1. The molecule has 5 heteroatoms. The first kappa shape index (κ1) is 14.0. The Morgan fingerprint density at radius 1 is 1.44 bits per heavy atom. The summed E-state index contributed by atoms with van der Waals surface area (Å²) in [6.45, 7) is 0. The number of thiol groups is 1. The first-order chi connectivity index (χ1) is 7.59. The summed E-state index contributed by atoms with van der Waals surface area (Å²) in [4.78, 5) is 10.7. The highest BCUT2D eigenvalue weighted by molar-refractivity contribution is 8.23. The molecule has 1 unspecified atom stereocenters. The predicted octanol–water partition coefficient (Wildman–Crippen LogP) is 3.70. The second kappa shape index (κ2) is 7.33. The van der Waals surface area contributed by atoms with E-state index in [-0.39, 0.29) is 11.7 Å². The van der Waals surface area contributed by atoms with Gasteiger partial charge in [0.15, 0.2) is 0 Å². The zero-order valence-corrected chi connectivity index (χ0v) is 11.7. The van der Waals surface area contributed by atoms with Gasteiger partial charge in [-0.1, -0.05) is 42.5 Å². The minimum Gasteiger partial charge on any atom is -0.281 e. The SMILES string of the molecule is O=C(Cl)CC(S)C(=S)SCc1ccccc1. The average molecular weight is 291 g/mol. The number of hydrogen-bond acceptors (Lipinski definition) is 4. The molecule has 0 aliphatic carbocycles. The van der Waals surface area contributed by atoms with Crippen LogP contribution in [0.1, 0.15) is 12.0 Å². The van der Waals surface area contributed by atoms with Gasteiger partial charge >= 0.3 is 0 Å². The third kappa shape index (κ3) is 5.34. The lowest BCUT2D eigenvalue weighted by Crippen LogP contribution is -2.11. The van der Waals surface area contributed by atoms with Gasteiger partial charge in [-0.25, -0.2) is 0 Å². The van der Waals surface area contributed by atoms with E-state index in [4.69, 9.17) is 23.8 Å². The fraction of sp³-hybridized carbons (Fsp3) is 0.273. The molecule has 0 aliphatic rings. The van der Waals surface area contributed by atoms with Crippen LogP contribution in [0.3, 0.4) is 0 Å². The first-order valence-electron chi connectivity index (χ1n) is 4.66. The lowest BCUT2D eigenvalue weighted by molar-refractivity contribution is -0.111. The summed E-state index contributed by atoms with van der Waals surface area (Å²) in [5, 5.41) is -0.642. The Hall–Kier alpha value is -0.0300. The maximum atomic E-state index is 10.7. The summed E-state index contributed by atoms with van der Waals surface area (Å²) in [7, 11) is 0. The second-order valence-corrected chi connectivity index (χ2v) is 5.93. The largest absolute Gasteiger partial charge is 0.281 e. The monoisotopic (exact) mass is 290 g/mol. The average Bonchev–Trinajstić information content (AvgIpc) is 2.26. The lowest BCUT2D eigenvalue weighted by atomic mass is 10.2. The zero-order chi connectivity index (χ0) is 12.0. The number of hydrogen-bond donors (Lipinski definition) is 1. The molecule has 0 saturated heterocycles. The number of rotatable bonds is 5. The molecule has 0 aliphatic heterocycles. The molecule has 0 fully saturated rings. The fourth-order valence-electron chi connectivity index (χ4n) is 1.06. The molecule has 0 saturated carbocycles. The number of thiocarbonyl (C=S) groups is 1. The van der Waals surface area contributed by atoms with Gasteiger partial charge in [0, 0.05) is 12.2 Å². The molecule has 0 aromatic heterocycles. The van der Waals surface area contributed by atoms with Crippen molar-refractivity contribution in [1.29, 1.82) is 0 Å². The molecule has 1 nitrogen and oxygen atoms in total. The standard InChI is InChI=1S/C11H11ClOS3/c12-10(13)6-9(14)11(15)16-7-8-4-2-1-3-5-8/h1-5,9,14H,6-7H2. The molecule has 0 heterocycles. The summed E-state index contributed by atoms with van der Waals surface area (Å²) >= 11 is 16.2. The van der Waals surface area contributed by atoms with E-state index >= 15 is 0 Å². The highest BCUT2D eigenvalue weighted by Crippen LogP contribution is 2.20. The number of carbonyl (C=O) groups is 1. The molecule has 1 rings (SSSR count). The first-order valence-corrected chi connectivity index (χ1v) is 6.95. The van der Waals surface area contributed by atoms with Crippen molar-refractivity contribution in [2.45, 2.75) is 17.4 Å². The molecule has 0 N–H and O–H groups in total. The highest BCUT2D eigenvalue weighted by atomic mass is 35.5. The quantitative estimate of drug-likeness (QED) is 0.506. The summed E-state index contributed by atoms with van der Waals surface area (Å²) in [6, 6.07) is 10.0. The second-order valence-electron chi connectivity index (χ2n) is 3.17. The van der Waals surface area contributed by atoms with Gasteiger partial charge in [-0.3, -0.25) is 4.79 Å². The smallest absolute Gasteiger partial charge is 0.223 e. The van der Waals surface area contributed by atoms with E-state index in [0.29, 0.717) is 4.20 Å². The molecule has 16 heavy (non-hydrogen) atoms. The van der Waals surface area contributed by atoms with Crippen LogP contribution >= 0.6 is 48.2 Å². The van der Waals surface area contributed by atoms with Crippen LogP contribution in [0.15, 0.2) is 30.3 Å². The third-order valence-corrected chi connectivity index (χ3v) is 4.48. The summed E-state index contributed by atoms with van der Waals surface area (Å²) < 4.78 is 0.709. The van der Waals surface area contributed by atoms with Gasteiger partial charge in [-0.2, -0.15) is 12.6 Å². The van der Waals surface area contributed by atoms with Gasteiger partial charge in [0.25, 0.3) is 0 Å². The van der Waals surface area contributed by atoms with E-state index in [1.165, 1.54) is 17.3 Å². The van der Waals surface area contributed by atoms with Crippen LogP contribution in [0.25, 0.3) is 0 Å². The van der Waals surface area contributed by atoms with Crippen molar-refractivity contribution in [1.82, 2.24) is 0 Å². The topological polar surface area (TPSA) is 17.1 Å². The summed E-state index contributed by atoms with van der Waals surface area (Å²) in [5.74, 6) is 0.799. The lowest BCUT2D eigenvalue weighted by Gasteiger charge is -2.09. The molecule has 1 aromatic carbocycles. The fourth-order valence-corrected chi connectivity index (χ4v) is 2.75. The maximum absolute atomic E-state index is 10.7. The van der Waals surface area contributed by atoms with E-state index in [2.05, 4.69) is 12.6 Å². The van der Waals surface area contributed by atoms with E-state index in [9.17, 15) is 4.79 Å². The molecule has 1 aromatic rings. The van der Waals surface area contributed by atoms with Gasteiger partial charge in [0.05, 0.1) is 9.45 Å². The van der Waals surface area contributed by atoms with Crippen molar-refractivity contribution in [3.63, 3.8) is 0 Å². The summed E-state index contributed by atoms with van der Waals surface area (Å²) in [6.07, 6.45) is 0.186. The molecule has 1 atom stereocenters. The molecule has 86 valence electrons. The number of halogens is 1. The predicted molar refractivity (Wildman–Crippen MR) is 78.6 cm³/mol. The van der Waals surface area contributed by atoms with Gasteiger partial charge in [-0.05, 0) is 17.2 Å². The van der Waals surface area contributed by atoms with Crippen LogP contribution in [0.2, 0.25) is 0 Å². The Labute approximate surface area is 115 Å². The Morgan fingerprint density at radius 2 is 2.06 bits per heavy atom. The van der Waals surface area contributed by atoms with Gasteiger partial charge in [-0.15, -0.1) is 11.8 Å². The highest BCUT2D eigenvalue weighted by Gasteiger charge is 2.13. The van der Waals surface area contributed by atoms with Crippen molar-refractivity contribution >= 4 is 57.6 Å². The Bertz CT molecular complexity index is 367. The van der Waals surface area contributed by atoms with Crippen LogP contribution in [-0.4, -0.2) is 14.7 Å². The van der Waals surface area contributed by atoms with Gasteiger partial charge in [0.1, 0.15) is 0 Å². The Morgan fingerprint density at radius 3 is 2.62 bits per heavy atom. The molecular formula is C11H11ClOS3. The van der Waals surface area contributed by atoms with Crippen LogP contribution in [0.5, 0.6) is 0 Å². The van der Waals surface area contributed by atoms with Crippen molar-refractivity contribution in [3.05, 3.63) is 35.9 Å². The van der Waals surface area contributed by atoms with Gasteiger partial charge < -0.3 is 0 Å². The van der Waals surface area contributed by atoms with Crippen LogP contribution < -0.4 is 0 Å². The third-order valence-electron chi connectivity index (χ3n) is 1.85. The summed E-state index contributed by atoms with van der Waals surface area (Å²) in [5.41, 5.74) is 1.20. The molecule has 0 bridgehead atoms. The van der Waals surface area contributed by atoms with Crippen molar-refractivity contribution in [3.8, 4) is 0 Å². The van der Waals surface area contributed by atoms with E-state index < -0.39 is 5.24 Å². The molecule has 0 amide bonds. The minimum absolute atomic E-state index is 0.186. The minimum atomic E-state index is -0.400. The Kier molecular flexibility index (Phi) is 6.43. The number of carbonyl (C=O) groups excluding carboxylic acids is 1. The van der Waals surface area contributed by atoms with E-state index in [1.54, 1.807) is 0 Å². The molecule has 0 spiro atoms. The van der Waals surface area contributed by atoms with Crippen LogP contribution in [0, 0.1) is 0 Å². The van der Waals surface area contributed by atoms with Crippen LogP contribution in [-0.2, 0) is 10.5 Å². The molecule has 0 radical (unpaired) electrons.